The molecule has 4 N–H and O–H groups in total. The minimum atomic E-state index is -0.387. The number of H-pyrrole nitrogens is 1. The van der Waals surface area contributed by atoms with E-state index >= 15 is 0 Å². The minimum absolute atomic E-state index is 0.387. The van der Waals surface area contributed by atoms with Gasteiger partial charge < -0.3 is 11.1 Å². The van der Waals surface area contributed by atoms with Crippen molar-refractivity contribution >= 4 is 33.8 Å². The summed E-state index contributed by atoms with van der Waals surface area (Å²) < 4.78 is 0. The highest BCUT2D eigenvalue weighted by Gasteiger charge is 2.04. The number of anilines is 1. The molecule has 0 unspecified atom stereocenters. The summed E-state index contributed by atoms with van der Waals surface area (Å²) in [6, 6.07) is 7.81. The highest BCUT2D eigenvalue weighted by molar-refractivity contribution is 7.10. The Morgan fingerprint density at radius 1 is 1.42 bits per heavy atom. The van der Waals surface area contributed by atoms with E-state index in [1.165, 1.54) is 11.3 Å². The van der Waals surface area contributed by atoms with Crippen LogP contribution in [0.2, 0.25) is 0 Å². The number of nitrogens with two attached hydrogens (primary N) is 1. The summed E-state index contributed by atoms with van der Waals surface area (Å²) >= 11 is 1.52. The Kier molecular flexibility index (Phi) is 2.92. The third kappa shape index (κ3) is 2.43. The first-order chi connectivity index (χ1) is 9.22. The van der Waals surface area contributed by atoms with Crippen molar-refractivity contribution in [1.29, 1.82) is 0 Å². The number of amides is 1. The molecule has 0 spiro atoms. The molecule has 0 fully saturated rings. The van der Waals surface area contributed by atoms with Gasteiger partial charge >= 0.3 is 0 Å². The lowest BCUT2D eigenvalue weighted by molar-refractivity contribution is 0.100. The van der Waals surface area contributed by atoms with Crippen LogP contribution in [0.5, 0.6) is 0 Å². The Morgan fingerprint density at radius 3 is 3.11 bits per heavy atom. The average Bonchev–Trinajstić information content (AvgIpc) is 3.04. The number of rotatable bonds is 4. The lowest BCUT2D eigenvalue weighted by atomic mass is 10.2. The number of hydrogen-bond donors (Lipinski definition) is 3. The number of hydrogen-bond acceptors (Lipinski definition) is 4. The van der Waals surface area contributed by atoms with Crippen molar-refractivity contribution in [2.45, 2.75) is 6.54 Å². The predicted octanol–water partition coefficient (Wildman–Crippen LogP) is 2.34. The van der Waals surface area contributed by atoms with Gasteiger partial charge in [-0.25, -0.2) is 0 Å². The molecule has 0 saturated heterocycles. The zero-order valence-corrected chi connectivity index (χ0v) is 10.8. The molecule has 3 aromatic rings. The number of nitrogens with one attached hydrogen (secondary N) is 2. The molecule has 19 heavy (non-hydrogen) atoms. The van der Waals surface area contributed by atoms with Gasteiger partial charge in [0.1, 0.15) is 0 Å². The second-order valence-electron chi connectivity index (χ2n) is 4.19. The molecule has 0 saturated carbocycles. The Hall–Kier alpha value is -2.34. The van der Waals surface area contributed by atoms with Crippen LogP contribution in [-0.4, -0.2) is 16.1 Å². The number of thiophene rings is 1. The molecule has 0 aliphatic rings. The maximum Gasteiger partial charge on any atom is 0.249 e. The number of aromatic nitrogens is 2. The van der Waals surface area contributed by atoms with E-state index in [1.807, 2.05) is 24.3 Å². The van der Waals surface area contributed by atoms with E-state index in [4.69, 9.17) is 5.73 Å². The molecule has 2 aromatic heterocycles. The number of carbonyl (C=O) groups is 1. The van der Waals surface area contributed by atoms with Crippen molar-refractivity contribution in [2.75, 3.05) is 5.32 Å². The van der Waals surface area contributed by atoms with Crippen LogP contribution in [0.25, 0.3) is 10.9 Å². The zero-order chi connectivity index (χ0) is 13.2. The molecule has 0 aliphatic carbocycles. The lowest BCUT2D eigenvalue weighted by Crippen LogP contribution is -2.09. The molecule has 3 rings (SSSR count). The SMILES string of the molecule is NC(=O)c1csc(CNc2ccc3[nH]ncc3c2)c1. The fourth-order valence-electron chi connectivity index (χ4n) is 1.84. The summed E-state index contributed by atoms with van der Waals surface area (Å²) in [5, 5.41) is 13.0. The second kappa shape index (κ2) is 4.74. The molecular formula is C13H12N4OS. The summed E-state index contributed by atoms with van der Waals surface area (Å²) in [4.78, 5) is 12.1. The van der Waals surface area contributed by atoms with Gasteiger partial charge in [0, 0.05) is 27.9 Å². The van der Waals surface area contributed by atoms with Gasteiger partial charge in [-0.3, -0.25) is 9.89 Å². The number of carbonyl (C=O) groups excluding carboxylic acids is 1. The summed E-state index contributed by atoms with van der Waals surface area (Å²) in [5.41, 5.74) is 7.81. The molecule has 1 aromatic carbocycles. The standard InChI is InChI=1S/C13H12N4OS/c14-13(18)9-4-11(19-7-9)6-15-10-1-2-12-8(3-10)5-16-17-12/h1-5,7,15H,6H2,(H2,14,18)(H,16,17). The maximum atomic E-state index is 11.0. The number of primary amides is 1. The van der Waals surface area contributed by atoms with E-state index in [1.54, 1.807) is 11.6 Å². The molecule has 0 aliphatic heterocycles. The predicted molar refractivity (Wildman–Crippen MR) is 76.3 cm³/mol. The fraction of sp³-hybridized carbons (Fsp3) is 0.0769. The Morgan fingerprint density at radius 2 is 2.32 bits per heavy atom. The fourth-order valence-corrected chi connectivity index (χ4v) is 2.66. The Balaban J connectivity index is 1.72. The molecular weight excluding hydrogens is 260 g/mol. The Labute approximate surface area is 113 Å². The Bertz CT molecular complexity index is 731. The van der Waals surface area contributed by atoms with E-state index in [0.717, 1.165) is 21.5 Å². The molecule has 0 atom stereocenters. The van der Waals surface area contributed by atoms with Gasteiger partial charge in [0.2, 0.25) is 5.91 Å². The van der Waals surface area contributed by atoms with Crippen LogP contribution < -0.4 is 11.1 Å². The molecule has 96 valence electrons. The number of aromatic amines is 1. The van der Waals surface area contributed by atoms with Crippen molar-refractivity contribution in [1.82, 2.24) is 10.2 Å². The van der Waals surface area contributed by atoms with Gasteiger partial charge in [0.05, 0.1) is 17.3 Å². The normalized spacial score (nSPS) is 10.7. The first-order valence-electron chi connectivity index (χ1n) is 5.76. The quantitative estimate of drug-likeness (QED) is 0.681. The van der Waals surface area contributed by atoms with E-state index in [9.17, 15) is 4.79 Å². The monoisotopic (exact) mass is 272 g/mol. The summed E-state index contributed by atoms with van der Waals surface area (Å²) in [6.45, 7) is 0.668. The molecule has 2 heterocycles. The second-order valence-corrected chi connectivity index (χ2v) is 5.19. The van der Waals surface area contributed by atoms with Gasteiger partial charge in [-0.05, 0) is 24.3 Å². The van der Waals surface area contributed by atoms with Crippen molar-refractivity contribution < 1.29 is 4.79 Å². The molecule has 5 nitrogen and oxygen atoms in total. The largest absolute Gasteiger partial charge is 0.380 e. The molecule has 1 amide bonds. The average molecular weight is 272 g/mol. The lowest BCUT2D eigenvalue weighted by Gasteiger charge is -2.04. The van der Waals surface area contributed by atoms with Gasteiger partial charge in [0.25, 0.3) is 0 Å². The summed E-state index contributed by atoms with van der Waals surface area (Å²) in [5.74, 6) is -0.387. The van der Waals surface area contributed by atoms with Crippen LogP contribution in [0, 0.1) is 0 Å². The van der Waals surface area contributed by atoms with E-state index in [0.29, 0.717) is 12.1 Å². The van der Waals surface area contributed by atoms with Crippen molar-refractivity contribution in [3.63, 3.8) is 0 Å². The van der Waals surface area contributed by atoms with Gasteiger partial charge in [-0.2, -0.15) is 5.10 Å². The van der Waals surface area contributed by atoms with Gasteiger partial charge in [-0.1, -0.05) is 0 Å². The highest BCUT2D eigenvalue weighted by atomic mass is 32.1. The van der Waals surface area contributed by atoms with Crippen LogP contribution in [0.15, 0.2) is 35.8 Å². The smallest absolute Gasteiger partial charge is 0.249 e. The summed E-state index contributed by atoms with van der Waals surface area (Å²) in [6.07, 6.45) is 1.79. The minimum Gasteiger partial charge on any atom is -0.380 e. The van der Waals surface area contributed by atoms with Crippen LogP contribution in [0.4, 0.5) is 5.69 Å². The molecule has 6 heteroatoms. The maximum absolute atomic E-state index is 11.0. The first kappa shape index (κ1) is 11.7. The number of benzene rings is 1. The van der Waals surface area contributed by atoms with Crippen LogP contribution in [0.1, 0.15) is 15.2 Å². The number of nitrogens with zero attached hydrogens (tertiary/aromatic N) is 1. The van der Waals surface area contributed by atoms with Crippen molar-refractivity contribution in [3.05, 3.63) is 46.3 Å². The third-order valence-electron chi connectivity index (χ3n) is 2.85. The first-order valence-corrected chi connectivity index (χ1v) is 6.64. The van der Waals surface area contributed by atoms with E-state index in [-0.39, 0.29) is 5.91 Å². The van der Waals surface area contributed by atoms with Crippen LogP contribution >= 0.6 is 11.3 Å². The third-order valence-corrected chi connectivity index (χ3v) is 3.78. The van der Waals surface area contributed by atoms with Crippen molar-refractivity contribution in [2.24, 2.45) is 5.73 Å². The highest BCUT2D eigenvalue weighted by Crippen LogP contribution is 2.19. The van der Waals surface area contributed by atoms with E-state index in [2.05, 4.69) is 15.5 Å². The van der Waals surface area contributed by atoms with Crippen LogP contribution in [0.3, 0.4) is 0 Å². The van der Waals surface area contributed by atoms with Crippen LogP contribution in [-0.2, 0) is 6.54 Å². The number of fused-ring (bicyclic) bond motifs is 1. The van der Waals surface area contributed by atoms with Gasteiger partial charge in [0.15, 0.2) is 0 Å². The zero-order valence-electron chi connectivity index (χ0n) is 10.0. The summed E-state index contributed by atoms with van der Waals surface area (Å²) in [7, 11) is 0. The van der Waals surface area contributed by atoms with Gasteiger partial charge in [-0.15, -0.1) is 11.3 Å². The van der Waals surface area contributed by atoms with E-state index < -0.39 is 0 Å². The molecule has 0 radical (unpaired) electrons. The van der Waals surface area contributed by atoms with Crippen molar-refractivity contribution in [3.8, 4) is 0 Å². The topological polar surface area (TPSA) is 83.8 Å². The molecule has 0 bridgehead atoms.